The number of anilines is 1. The average molecular weight is 344 g/mol. The molecule has 26 heavy (non-hydrogen) atoms. The molecule has 0 bridgehead atoms. The van der Waals surface area contributed by atoms with E-state index >= 15 is 0 Å². The lowest BCUT2D eigenvalue weighted by atomic mass is 10.1. The van der Waals surface area contributed by atoms with Crippen LogP contribution in [0.1, 0.15) is 11.1 Å². The minimum atomic E-state index is -0.167. The number of para-hydroxylation sites is 2. The van der Waals surface area contributed by atoms with Crippen LogP contribution in [0.25, 0.3) is 21.8 Å². The number of hydrogen-bond acceptors (Lipinski definition) is 2. The molecule has 0 spiro atoms. The van der Waals surface area contributed by atoms with E-state index in [-0.39, 0.29) is 12.5 Å². The van der Waals surface area contributed by atoms with Gasteiger partial charge in [-0.25, -0.2) is 0 Å². The van der Waals surface area contributed by atoms with Crippen molar-refractivity contribution in [3.8, 4) is 5.75 Å². The van der Waals surface area contributed by atoms with Crippen molar-refractivity contribution in [3.05, 3.63) is 71.8 Å². The number of aromatic nitrogens is 1. The number of H-pyrrole nitrogens is 1. The molecule has 4 heteroatoms. The number of carbonyl (C=O) groups excluding carboxylic acids is 1. The number of rotatable bonds is 4. The Morgan fingerprint density at radius 1 is 0.923 bits per heavy atom. The SMILES string of the molecule is Cc1cccc(C)c1NC(=O)COc1ccc2c(c1)[nH]c1ccccc12. The Kier molecular flexibility index (Phi) is 4.09. The standard InChI is InChI=1S/C22H20N2O2/c1-14-6-5-7-15(2)22(14)24-21(25)13-26-16-10-11-18-17-8-3-4-9-19(17)23-20(18)12-16/h3-12,23H,13H2,1-2H3,(H,24,25). The van der Waals surface area contributed by atoms with Crippen LogP contribution < -0.4 is 10.1 Å². The molecule has 4 aromatic rings. The van der Waals surface area contributed by atoms with Gasteiger partial charge in [-0.2, -0.15) is 0 Å². The maximum Gasteiger partial charge on any atom is 0.262 e. The quantitative estimate of drug-likeness (QED) is 0.550. The largest absolute Gasteiger partial charge is 0.484 e. The van der Waals surface area contributed by atoms with Crippen molar-refractivity contribution in [2.24, 2.45) is 0 Å². The van der Waals surface area contributed by atoms with Gasteiger partial charge in [0.1, 0.15) is 5.75 Å². The van der Waals surface area contributed by atoms with Crippen molar-refractivity contribution in [2.45, 2.75) is 13.8 Å². The molecule has 0 radical (unpaired) electrons. The van der Waals surface area contributed by atoms with E-state index in [1.807, 2.05) is 68.4 Å². The highest BCUT2D eigenvalue weighted by Crippen LogP contribution is 2.28. The molecular weight excluding hydrogens is 324 g/mol. The van der Waals surface area contributed by atoms with Gasteiger partial charge in [-0.3, -0.25) is 4.79 Å². The van der Waals surface area contributed by atoms with Crippen LogP contribution in [0.4, 0.5) is 5.69 Å². The first-order valence-electron chi connectivity index (χ1n) is 8.61. The number of fused-ring (bicyclic) bond motifs is 3. The summed E-state index contributed by atoms with van der Waals surface area (Å²) in [6, 6.07) is 20.0. The predicted octanol–water partition coefficient (Wildman–Crippen LogP) is 4.96. The Morgan fingerprint density at radius 2 is 1.65 bits per heavy atom. The maximum atomic E-state index is 12.3. The highest BCUT2D eigenvalue weighted by Gasteiger charge is 2.09. The summed E-state index contributed by atoms with van der Waals surface area (Å²) in [6.07, 6.45) is 0. The van der Waals surface area contributed by atoms with Crippen LogP contribution in [0.5, 0.6) is 5.75 Å². The molecule has 0 aliphatic rings. The third kappa shape index (κ3) is 3.02. The molecule has 1 heterocycles. The number of nitrogens with one attached hydrogen (secondary N) is 2. The van der Waals surface area contributed by atoms with Crippen molar-refractivity contribution in [2.75, 3.05) is 11.9 Å². The smallest absolute Gasteiger partial charge is 0.262 e. The molecular formula is C22H20N2O2. The fourth-order valence-corrected chi connectivity index (χ4v) is 3.26. The first kappa shape index (κ1) is 16.2. The monoisotopic (exact) mass is 344 g/mol. The Labute approximate surface area is 151 Å². The van der Waals surface area contributed by atoms with Crippen LogP contribution in [0.2, 0.25) is 0 Å². The Morgan fingerprint density at radius 3 is 2.46 bits per heavy atom. The van der Waals surface area contributed by atoms with Gasteiger partial charge in [-0.15, -0.1) is 0 Å². The number of amides is 1. The average Bonchev–Trinajstić information content (AvgIpc) is 3.01. The second-order valence-electron chi connectivity index (χ2n) is 6.48. The van der Waals surface area contributed by atoms with E-state index in [9.17, 15) is 4.79 Å². The topological polar surface area (TPSA) is 54.1 Å². The first-order valence-corrected chi connectivity index (χ1v) is 8.61. The summed E-state index contributed by atoms with van der Waals surface area (Å²) in [6.45, 7) is 3.93. The van der Waals surface area contributed by atoms with Crippen molar-refractivity contribution in [1.29, 1.82) is 0 Å². The van der Waals surface area contributed by atoms with E-state index < -0.39 is 0 Å². The first-order chi connectivity index (χ1) is 12.6. The molecule has 1 amide bonds. The van der Waals surface area contributed by atoms with Gasteiger partial charge < -0.3 is 15.0 Å². The summed E-state index contributed by atoms with van der Waals surface area (Å²) in [7, 11) is 0. The second kappa shape index (κ2) is 6.56. The summed E-state index contributed by atoms with van der Waals surface area (Å²) in [4.78, 5) is 15.6. The summed E-state index contributed by atoms with van der Waals surface area (Å²) < 4.78 is 5.69. The summed E-state index contributed by atoms with van der Waals surface area (Å²) in [5, 5.41) is 5.26. The number of aryl methyl sites for hydroxylation is 2. The minimum Gasteiger partial charge on any atom is -0.484 e. The molecule has 0 aliphatic carbocycles. The van der Waals surface area contributed by atoms with Gasteiger partial charge >= 0.3 is 0 Å². The van der Waals surface area contributed by atoms with Crippen LogP contribution in [0.15, 0.2) is 60.7 Å². The van der Waals surface area contributed by atoms with Crippen molar-refractivity contribution in [3.63, 3.8) is 0 Å². The van der Waals surface area contributed by atoms with Crippen LogP contribution in [-0.2, 0) is 4.79 Å². The van der Waals surface area contributed by atoms with Crippen molar-refractivity contribution < 1.29 is 9.53 Å². The molecule has 4 nitrogen and oxygen atoms in total. The minimum absolute atomic E-state index is 0.0283. The molecule has 0 atom stereocenters. The zero-order chi connectivity index (χ0) is 18.1. The summed E-state index contributed by atoms with van der Waals surface area (Å²) >= 11 is 0. The van der Waals surface area contributed by atoms with E-state index in [2.05, 4.69) is 16.4 Å². The number of benzene rings is 3. The number of ether oxygens (including phenoxy) is 1. The van der Waals surface area contributed by atoms with E-state index in [4.69, 9.17) is 4.74 Å². The maximum absolute atomic E-state index is 12.3. The van der Waals surface area contributed by atoms with Crippen LogP contribution >= 0.6 is 0 Å². The highest BCUT2D eigenvalue weighted by molar-refractivity contribution is 6.07. The van der Waals surface area contributed by atoms with Crippen LogP contribution in [-0.4, -0.2) is 17.5 Å². The molecule has 0 saturated heterocycles. The van der Waals surface area contributed by atoms with Gasteiger partial charge in [0.25, 0.3) is 5.91 Å². The summed E-state index contributed by atoms with van der Waals surface area (Å²) in [5.74, 6) is 0.500. The normalized spacial score (nSPS) is 11.0. The van der Waals surface area contributed by atoms with Gasteiger partial charge in [0, 0.05) is 28.0 Å². The van der Waals surface area contributed by atoms with E-state index in [1.54, 1.807) is 0 Å². The molecule has 0 saturated carbocycles. The molecule has 0 unspecified atom stereocenters. The lowest BCUT2D eigenvalue weighted by Gasteiger charge is -2.12. The molecule has 1 aromatic heterocycles. The lowest BCUT2D eigenvalue weighted by Crippen LogP contribution is -2.21. The Balaban J connectivity index is 1.49. The fourth-order valence-electron chi connectivity index (χ4n) is 3.26. The van der Waals surface area contributed by atoms with Crippen molar-refractivity contribution in [1.82, 2.24) is 4.98 Å². The highest BCUT2D eigenvalue weighted by atomic mass is 16.5. The molecule has 4 rings (SSSR count). The van der Waals surface area contributed by atoms with Gasteiger partial charge in [-0.1, -0.05) is 36.4 Å². The third-order valence-electron chi connectivity index (χ3n) is 4.59. The van der Waals surface area contributed by atoms with E-state index in [0.717, 1.165) is 33.2 Å². The van der Waals surface area contributed by atoms with E-state index in [1.165, 1.54) is 5.39 Å². The second-order valence-corrected chi connectivity index (χ2v) is 6.48. The van der Waals surface area contributed by atoms with Gasteiger partial charge in [-0.05, 0) is 43.2 Å². The molecule has 3 aromatic carbocycles. The van der Waals surface area contributed by atoms with Crippen LogP contribution in [0.3, 0.4) is 0 Å². The third-order valence-corrected chi connectivity index (χ3v) is 4.59. The van der Waals surface area contributed by atoms with Crippen LogP contribution in [0, 0.1) is 13.8 Å². The molecule has 0 fully saturated rings. The predicted molar refractivity (Wildman–Crippen MR) is 106 cm³/mol. The molecule has 130 valence electrons. The van der Waals surface area contributed by atoms with Gasteiger partial charge in [0.15, 0.2) is 6.61 Å². The molecule has 2 N–H and O–H groups in total. The summed E-state index contributed by atoms with van der Waals surface area (Å²) in [5.41, 5.74) is 5.02. The molecule has 0 aliphatic heterocycles. The number of carbonyl (C=O) groups is 1. The number of aromatic amines is 1. The zero-order valence-corrected chi connectivity index (χ0v) is 14.8. The number of hydrogen-bond donors (Lipinski definition) is 2. The lowest BCUT2D eigenvalue weighted by molar-refractivity contribution is -0.118. The Bertz CT molecular complexity index is 1090. The van der Waals surface area contributed by atoms with E-state index in [0.29, 0.717) is 5.75 Å². The van der Waals surface area contributed by atoms with Crippen molar-refractivity contribution >= 4 is 33.4 Å². The van der Waals surface area contributed by atoms with Gasteiger partial charge in [0.2, 0.25) is 0 Å². The Hall–Kier alpha value is -3.27. The zero-order valence-electron chi connectivity index (χ0n) is 14.8. The van der Waals surface area contributed by atoms with Gasteiger partial charge in [0.05, 0.1) is 5.52 Å². The fraction of sp³-hybridized carbons (Fsp3) is 0.136.